The van der Waals surface area contributed by atoms with E-state index in [1.807, 2.05) is 31.2 Å². The Morgan fingerprint density at radius 3 is 2.48 bits per heavy atom. The van der Waals surface area contributed by atoms with Gasteiger partial charge in [0.2, 0.25) is 0 Å². The second-order valence-corrected chi connectivity index (χ2v) is 8.85. The molecular formula is C25H33NO7. The van der Waals surface area contributed by atoms with Crippen LogP contribution in [0.15, 0.2) is 29.4 Å². The lowest BCUT2D eigenvalue weighted by Crippen LogP contribution is -2.33. The number of hydrogen-bond acceptors (Lipinski definition) is 8. The Morgan fingerprint density at radius 2 is 1.82 bits per heavy atom. The number of carbonyl (C=O) groups excluding carboxylic acids is 3. The monoisotopic (exact) mass is 459 g/mol. The van der Waals surface area contributed by atoms with Crippen molar-refractivity contribution in [2.24, 2.45) is 22.4 Å². The summed E-state index contributed by atoms with van der Waals surface area (Å²) in [5, 5.41) is 4.09. The molecular weight excluding hydrogens is 426 g/mol. The summed E-state index contributed by atoms with van der Waals surface area (Å²) >= 11 is 0. The van der Waals surface area contributed by atoms with Gasteiger partial charge < -0.3 is 19.0 Å². The SMILES string of the molecule is CCOC(=O)[C@@]12CCC[C@@H]1C[C@H](C/C(=N/OCc1ccc(CC(=O)OC)cc1)C(=O)OC)C2. The van der Waals surface area contributed by atoms with E-state index in [0.717, 1.165) is 36.8 Å². The molecule has 0 spiro atoms. The average Bonchev–Trinajstić information content (AvgIpc) is 3.37. The quantitative estimate of drug-likeness (QED) is 0.228. The predicted octanol–water partition coefficient (Wildman–Crippen LogP) is 3.60. The van der Waals surface area contributed by atoms with Gasteiger partial charge in [0.25, 0.3) is 0 Å². The van der Waals surface area contributed by atoms with Crippen LogP contribution in [0.1, 0.15) is 56.6 Å². The topological polar surface area (TPSA) is 100 Å². The van der Waals surface area contributed by atoms with E-state index >= 15 is 0 Å². The van der Waals surface area contributed by atoms with Crippen molar-refractivity contribution in [3.8, 4) is 0 Å². The maximum Gasteiger partial charge on any atom is 0.355 e. The van der Waals surface area contributed by atoms with Gasteiger partial charge in [0.1, 0.15) is 6.61 Å². The maximum absolute atomic E-state index is 12.7. The molecule has 0 aromatic heterocycles. The van der Waals surface area contributed by atoms with E-state index in [-0.39, 0.29) is 36.6 Å². The summed E-state index contributed by atoms with van der Waals surface area (Å²) in [5.74, 6) is -0.472. The first-order chi connectivity index (χ1) is 15.9. The van der Waals surface area contributed by atoms with Gasteiger partial charge in [-0.3, -0.25) is 9.59 Å². The van der Waals surface area contributed by atoms with Crippen LogP contribution in [0.25, 0.3) is 0 Å². The highest BCUT2D eigenvalue weighted by atomic mass is 16.6. The fourth-order valence-electron chi connectivity index (χ4n) is 5.27. The minimum Gasteiger partial charge on any atom is -0.469 e. The molecule has 3 rings (SSSR count). The highest BCUT2D eigenvalue weighted by molar-refractivity contribution is 6.36. The van der Waals surface area contributed by atoms with Gasteiger partial charge in [0.05, 0.1) is 32.7 Å². The molecule has 1 aromatic rings. The van der Waals surface area contributed by atoms with E-state index in [1.165, 1.54) is 14.2 Å². The summed E-state index contributed by atoms with van der Waals surface area (Å²) in [5.41, 5.74) is 1.50. The zero-order valence-corrected chi connectivity index (χ0v) is 19.6. The Hall–Kier alpha value is -2.90. The molecule has 2 saturated carbocycles. The van der Waals surface area contributed by atoms with Crippen molar-refractivity contribution in [3.05, 3.63) is 35.4 Å². The van der Waals surface area contributed by atoms with Gasteiger partial charge in [-0.15, -0.1) is 0 Å². The van der Waals surface area contributed by atoms with E-state index in [4.69, 9.17) is 14.3 Å². The molecule has 2 fully saturated rings. The Kier molecular flexibility index (Phi) is 8.47. The number of rotatable bonds is 10. The van der Waals surface area contributed by atoms with Crippen molar-refractivity contribution in [1.82, 2.24) is 0 Å². The van der Waals surface area contributed by atoms with Gasteiger partial charge in [-0.1, -0.05) is 35.8 Å². The zero-order valence-electron chi connectivity index (χ0n) is 19.6. The number of methoxy groups -OCH3 is 2. The van der Waals surface area contributed by atoms with Crippen molar-refractivity contribution in [2.45, 2.75) is 58.5 Å². The smallest absolute Gasteiger partial charge is 0.355 e. The summed E-state index contributed by atoms with van der Waals surface area (Å²) < 4.78 is 15.0. The molecule has 0 aliphatic heterocycles. The maximum atomic E-state index is 12.7. The summed E-state index contributed by atoms with van der Waals surface area (Å²) in [6.45, 7) is 2.39. The molecule has 2 aliphatic rings. The summed E-state index contributed by atoms with van der Waals surface area (Å²) in [6.07, 6.45) is 5.09. The highest BCUT2D eigenvalue weighted by Crippen LogP contribution is 2.57. The van der Waals surface area contributed by atoms with Gasteiger partial charge in [0.15, 0.2) is 5.71 Å². The second-order valence-electron chi connectivity index (χ2n) is 8.85. The minimum atomic E-state index is -0.523. The number of ether oxygens (including phenoxy) is 3. The third-order valence-corrected chi connectivity index (χ3v) is 6.82. The lowest BCUT2D eigenvalue weighted by Gasteiger charge is -2.26. The fraction of sp³-hybridized carbons (Fsp3) is 0.600. The number of oxime groups is 1. The first-order valence-corrected chi connectivity index (χ1v) is 11.5. The van der Waals surface area contributed by atoms with Crippen LogP contribution in [0.3, 0.4) is 0 Å². The van der Waals surface area contributed by atoms with Crippen LogP contribution in [-0.4, -0.2) is 44.4 Å². The normalized spacial score (nSPS) is 24.2. The molecule has 3 atom stereocenters. The molecule has 8 heteroatoms. The van der Waals surface area contributed by atoms with E-state index in [9.17, 15) is 14.4 Å². The van der Waals surface area contributed by atoms with Crippen molar-refractivity contribution >= 4 is 23.6 Å². The van der Waals surface area contributed by atoms with E-state index in [2.05, 4.69) is 9.89 Å². The Bertz CT molecular complexity index is 879. The first kappa shape index (κ1) is 24.7. The summed E-state index contributed by atoms with van der Waals surface area (Å²) in [7, 11) is 2.68. The Balaban J connectivity index is 1.60. The third-order valence-electron chi connectivity index (χ3n) is 6.82. The number of fused-ring (bicyclic) bond motifs is 1. The number of hydrogen-bond donors (Lipinski definition) is 0. The van der Waals surface area contributed by atoms with Crippen LogP contribution in [0.2, 0.25) is 0 Å². The lowest BCUT2D eigenvalue weighted by atomic mass is 9.80. The van der Waals surface area contributed by atoms with Gasteiger partial charge in [-0.2, -0.15) is 0 Å². The molecule has 0 saturated heterocycles. The van der Waals surface area contributed by atoms with Crippen LogP contribution < -0.4 is 0 Å². The average molecular weight is 460 g/mol. The predicted molar refractivity (Wildman–Crippen MR) is 120 cm³/mol. The summed E-state index contributed by atoms with van der Waals surface area (Å²) in [4.78, 5) is 41.8. The van der Waals surface area contributed by atoms with Crippen LogP contribution in [-0.2, 0) is 46.5 Å². The molecule has 0 amide bonds. The van der Waals surface area contributed by atoms with Gasteiger partial charge in [0, 0.05) is 6.42 Å². The zero-order chi connectivity index (χ0) is 23.8. The van der Waals surface area contributed by atoms with Crippen molar-refractivity contribution in [3.63, 3.8) is 0 Å². The second kappa shape index (κ2) is 11.3. The van der Waals surface area contributed by atoms with E-state index in [1.54, 1.807) is 0 Å². The Labute approximate surface area is 194 Å². The minimum absolute atomic E-state index is 0.0987. The standard InChI is InChI=1S/C25H33NO7/c1-4-32-24(29)25-11-5-6-20(25)12-19(15-25)13-21(23(28)31-3)26-33-16-18-9-7-17(8-10-18)14-22(27)30-2/h7-10,19-20H,4-6,11-16H2,1-3H3/b26-21-/t19-,20-,25-/m1/s1. The van der Waals surface area contributed by atoms with Gasteiger partial charge in [-0.25, -0.2) is 4.79 Å². The largest absolute Gasteiger partial charge is 0.469 e. The van der Waals surface area contributed by atoms with Crippen LogP contribution in [0.5, 0.6) is 0 Å². The van der Waals surface area contributed by atoms with Crippen molar-refractivity contribution < 1.29 is 33.4 Å². The first-order valence-electron chi connectivity index (χ1n) is 11.5. The van der Waals surface area contributed by atoms with Gasteiger partial charge >= 0.3 is 17.9 Å². The lowest BCUT2D eigenvalue weighted by molar-refractivity contribution is -0.156. The van der Waals surface area contributed by atoms with Crippen LogP contribution in [0.4, 0.5) is 0 Å². The number of esters is 3. The van der Waals surface area contributed by atoms with Crippen molar-refractivity contribution in [2.75, 3.05) is 20.8 Å². The number of nitrogens with zero attached hydrogens (tertiary/aromatic N) is 1. The highest BCUT2D eigenvalue weighted by Gasteiger charge is 2.55. The molecule has 0 N–H and O–H groups in total. The molecule has 2 aliphatic carbocycles. The Morgan fingerprint density at radius 1 is 1.09 bits per heavy atom. The molecule has 0 bridgehead atoms. The fourth-order valence-corrected chi connectivity index (χ4v) is 5.27. The number of carbonyl (C=O) groups is 3. The number of benzene rings is 1. The molecule has 1 aromatic carbocycles. The van der Waals surface area contributed by atoms with Crippen molar-refractivity contribution in [1.29, 1.82) is 0 Å². The third kappa shape index (κ3) is 5.92. The van der Waals surface area contributed by atoms with E-state index < -0.39 is 11.4 Å². The molecule has 0 radical (unpaired) electrons. The molecule has 8 nitrogen and oxygen atoms in total. The molecule has 0 heterocycles. The molecule has 33 heavy (non-hydrogen) atoms. The van der Waals surface area contributed by atoms with E-state index in [0.29, 0.717) is 25.4 Å². The van der Waals surface area contributed by atoms with Gasteiger partial charge in [-0.05, 0) is 55.6 Å². The molecule has 0 unspecified atom stereocenters. The summed E-state index contributed by atoms with van der Waals surface area (Å²) in [6, 6.07) is 7.33. The molecule has 180 valence electrons. The van der Waals surface area contributed by atoms with Crippen LogP contribution >= 0.6 is 0 Å². The van der Waals surface area contributed by atoms with Crippen LogP contribution in [0, 0.1) is 17.3 Å².